The maximum atomic E-state index is 5.97. The topological polar surface area (TPSA) is 38.6 Å². The Morgan fingerprint density at radius 1 is 1.48 bits per heavy atom. The number of imidazole rings is 1. The molecule has 3 aromatic rings. The third-order valence-corrected chi connectivity index (χ3v) is 4.65. The fourth-order valence-electron chi connectivity index (χ4n) is 2.14. The zero-order valence-electron chi connectivity index (χ0n) is 11.8. The molecule has 2 aromatic heterocycles. The lowest BCUT2D eigenvalue weighted by Gasteiger charge is -2.16. The van der Waals surface area contributed by atoms with Crippen LogP contribution in [0.3, 0.4) is 0 Å². The summed E-state index contributed by atoms with van der Waals surface area (Å²) >= 11 is 5.13. The molecule has 0 aliphatic heterocycles. The van der Waals surface area contributed by atoms with E-state index in [0.29, 0.717) is 6.61 Å². The van der Waals surface area contributed by atoms with Crippen molar-refractivity contribution in [1.82, 2.24) is 14.7 Å². The molecule has 0 aliphatic rings. The van der Waals surface area contributed by atoms with Gasteiger partial charge in [-0.3, -0.25) is 4.40 Å². The summed E-state index contributed by atoms with van der Waals surface area (Å²) < 4.78 is 9.03. The van der Waals surface area contributed by atoms with Gasteiger partial charge < -0.3 is 10.1 Å². The van der Waals surface area contributed by atoms with Gasteiger partial charge in [0.1, 0.15) is 12.4 Å². The minimum atomic E-state index is 0.225. The van der Waals surface area contributed by atoms with Gasteiger partial charge in [0.05, 0.1) is 5.69 Å². The van der Waals surface area contributed by atoms with Crippen LogP contribution >= 0.6 is 27.3 Å². The van der Waals surface area contributed by atoms with Gasteiger partial charge in [-0.15, -0.1) is 11.3 Å². The Bertz CT molecular complexity index is 724. The molecule has 4 nitrogen and oxygen atoms in total. The monoisotopic (exact) mass is 365 g/mol. The number of aromatic nitrogens is 2. The third-order valence-electron chi connectivity index (χ3n) is 3.39. The molecule has 2 heterocycles. The van der Waals surface area contributed by atoms with Gasteiger partial charge in [-0.2, -0.15) is 0 Å². The molecule has 0 spiro atoms. The Morgan fingerprint density at radius 2 is 2.33 bits per heavy atom. The van der Waals surface area contributed by atoms with Crippen molar-refractivity contribution in [1.29, 1.82) is 0 Å². The number of hydrogen-bond acceptors (Lipinski definition) is 4. The van der Waals surface area contributed by atoms with Gasteiger partial charge in [0.2, 0.25) is 0 Å². The minimum absolute atomic E-state index is 0.225. The van der Waals surface area contributed by atoms with Gasteiger partial charge in [-0.05, 0) is 32.2 Å². The summed E-state index contributed by atoms with van der Waals surface area (Å²) in [7, 11) is 1.94. The molecule has 1 unspecified atom stereocenters. The Labute approximate surface area is 135 Å². The van der Waals surface area contributed by atoms with Crippen LogP contribution in [0.4, 0.5) is 0 Å². The lowest BCUT2D eigenvalue weighted by Crippen LogP contribution is -2.13. The number of halogens is 1. The first-order valence-electron chi connectivity index (χ1n) is 6.68. The highest BCUT2D eigenvalue weighted by molar-refractivity contribution is 9.10. The molecule has 0 saturated carbocycles. The molecular weight excluding hydrogens is 350 g/mol. The lowest BCUT2D eigenvalue weighted by molar-refractivity contribution is 0.296. The Morgan fingerprint density at radius 3 is 3.10 bits per heavy atom. The molecule has 0 saturated heterocycles. The molecule has 110 valence electrons. The second kappa shape index (κ2) is 6.17. The smallest absolute Gasteiger partial charge is 0.193 e. The van der Waals surface area contributed by atoms with E-state index in [1.165, 1.54) is 0 Å². The van der Waals surface area contributed by atoms with Crippen LogP contribution in [0.15, 0.2) is 40.4 Å². The van der Waals surface area contributed by atoms with E-state index in [9.17, 15) is 0 Å². The third kappa shape index (κ3) is 3.12. The molecule has 0 aliphatic carbocycles. The predicted molar refractivity (Wildman–Crippen MR) is 89.0 cm³/mol. The first-order valence-corrected chi connectivity index (χ1v) is 8.35. The number of ether oxygens (including phenoxy) is 1. The van der Waals surface area contributed by atoms with E-state index in [0.717, 1.165) is 26.4 Å². The molecule has 0 bridgehead atoms. The van der Waals surface area contributed by atoms with Crippen LogP contribution in [-0.4, -0.2) is 16.4 Å². The van der Waals surface area contributed by atoms with Crippen LogP contribution in [-0.2, 0) is 6.61 Å². The first kappa shape index (κ1) is 14.6. The number of benzene rings is 1. The van der Waals surface area contributed by atoms with Crippen molar-refractivity contribution < 1.29 is 4.74 Å². The van der Waals surface area contributed by atoms with Crippen molar-refractivity contribution in [3.8, 4) is 5.75 Å². The van der Waals surface area contributed by atoms with Crippen LogP contribution in [0, 0.1) is 0 Å². The maximum Gasteiger partial charge on any atom is 0.193 e. The highest BCUT2D eigenvalue weighted by Crippen LogP contribution is 2.29. The molecule has 1 aromatic carbocycles. The van der Waals surface area contributed by atoms with E-state index in [-0.39, 0.29) is 6.04 Å². The second-order valence-corrected chi connectivity index (χ2v) is 6.59. The fourth-order valence-corrected chi connectivity index (χ4v) is 3.24. The lowest BCUT2D eigenvalue weighted by atomic mass is 10.1. The molecule has 3 rings (SSSR count). The number of nitrogens with zero attached hydrogens (tertiary/aromatic N) is 2. The molecule has 1 N–H and O–H groups in total. The number of rotatable bonds is 5. The Balaban J connectivity index is 1.79. The molecule has 0 fully saturated rings. The molecule has 21 heavy (non-hydrogen) atoms. The quantitative estimate of drug-likeness (QED) is 0.741. The number of nitrogens with one attached hydrogen (secondary N) is 1. The number of hydrogen-bond donors (Lipinski definition) is 1. The minimum Gasteiger partial charge on any atom is -0.487 e. The van der Waals surface area contributed by atoms with Gasteiger partial charge in [0, 0.05) is 33.9 Å². The van der Waals surface area contributed by atoms with Gasteiger partial charge >= 0.3 is 0 Å². The normalized spacial score (nSPS) is 12.7. The number of fused-ring (bicyclic) bond motifs is 1. The zero-order chi connectivity index (χ0) is 14.8. The summed E-state index contributed by atoms with van der Waals surface area (Å²) in [6.45, 7) is 2.58. The molecule has 1 atom stereocenters. The van der Waals surface area contributed by atoms with Crippen molar-refractivity contribution in [2.45, 2.75) is 19.6 Å². The average Bonchev–Trinajstić information content (AvgIpc) is 3.06. The van der Waals surface area contributed by atoms with Gasteiger partial charge in [-0.1, -0.05) is 15.9 Å². The van der Waals surface area contributed by atoms with Crippen molar-refractivity contribution >= 4 is 32.2 Å². The standard InChI is InChI=1S/C15H16BrN3OS/c1-10(17-2)13-7-11(16)3-4-14(13)20-9-12-8-19-5-6-21-15(19)18-12/h3-8,10,17H,9H2,1-2H3. The summed E-state index contributed by atoms with van der Waals surface area (Å²) in [6.07, 6.45) is 4.01. The second-order valence-electron chi connectivity index (χ2n) is 4.81. The van der Waals surface area contributed by atoms with Crippen LogP contribution in [0.2, 0.25) is 0 Å². The van der Waals surface area contributed by atoms with E-state index in [1.54, 1.807) is 11.3 Å². The SMILES string of the molecule is CNC(C)c1cc(Br)ccc1OCc1cn2ccsc2n1. The highest BCUT2D eigenvalue weighted by Gasteiger charge is 2.12. The Hall–Kier alpha value is -1.37. The zero-order valence-corrected chi connectivity index (χ0v) is 14.2. The average molecular weight is 366 g/mol. The van der Waals surface area contributed by atoms with Crippen LogP contribution in [0.25, 0.3) is 4.96 Å². The van der Waals surface area contributed by atoms with Crippen molar-refractivity contribution in [3.63, 3.8) is 0 Å². The van der Waals surface area contributed by atoms with Crippen LogP contribution in [0.1, 0.15) is 24.2 Å². The van der Waals surface area contributed by atoms with E-state index >= 15 is 0 Å². The number of thiazole rings is 1. The van der Waals surface area contributed by atoms with Crippen molar-refractivity contribution in [3.05, 3.63) is 51.7 Å². The largest absolute Gasteiger partial charge is 0.487 e. The van der Waals surface area contributed by atoms with Crippen LogP contribution in [0.5, 0.6) is 5.75 Å². The summed E-state index contributed by atoms with van der Waals surface area (Å²) in [5, 5.41) is 5.27. The Kier molecular flexibility index (Phi) is 4.28. The predicted octanol–water partition coefficient (Wildman–Crippen LogP) is 4.02. The van der Waals surface area contributed by atoms with E-state index in [1.807, 2.05) is 41.4 Å². The van der Waals surface area contributed by atoms with Gasteiger partial charge in [-0.25, -0.2) is 4.98 Å². The van der Waals surface area contributed by atoms with E-state index < -0.39 is 0 Å². The highest BCUT2D eigenvalue weighted by atomic mass is 79.9. The summed E-state index contributed by atoms with van der Waals surface area (Å²) in [5.74, 6) is 0.886. The summed E-state index contributed by atoms with van der Waals surface area (Å²) in [4.78, 5) is 5.53. The molecule has 0 amide bonds. The summed E-state index contributed by atoms with van der Waals surface area (Å²) in [5.41, 5.74) is 2.07. The molecular formula is C15H16BrN3OS. The first-order chi connectivity index (χ1) is 10.2. The molecule has 0 radical (unpaired) electrons. The van der Waals surface area contributed by atoms with E-state index in [4.69, 9.17) is 4.74 Å². The van der Waals surface area contributed by atoms with Crippen molar-refractivity contribution in [2.24, 2.45) is 0 Å². The van der Waals surface area contributed by atoms with Crippen molar-refractivity contribution in [2.75, 3.05) is 7.05 Å². The van der Waals surface area contributed by atoms with Crippen LogP contribution < -0.4 is 10.1 Å². The molecule has 6 heteroatoms. The summed E-state index contributed by atoms with van der Waals surface area (Å²) in [6, 6.07) is 6.30. The fraction of sp³-hybridized carbons (Fsp3) is 0.267. The van der Waals surface area contributed by atoms with E-state index in [2.05, 4.69) is 39.2 Å². The van der Waals surface area contributed by atoms with Gasteiger partial charge in [0.15, 0.2) is 4.96 Å². The maximum absolute atomic E-state index is 5.97. The van der Waals surface area contributed by atoms with Gasteiger partial charge in [0.25, 0.3) is 0 Å².